The van der Waals surface area contributed by atoms with Crippen LogP contribution in [0.3, 0.4) is 0 Å². The van der Waals surface area contributed by atoms with Gasteiger partial charge < -0.3 is 16.0 Å². The molecule has 0 bridgehead atoms. The summed E-state index contributed by atoms with van der Waals surface area (Å²) in [7, 11) is 2.01. The number of nitrogens with one attached hydrogen (secondary N) is 1. The van der Waals surface area contributed by atoms with Crippen molar-refractivity contribution >= 4 is 36.4 Å². The van der Waals surface area contributed by atoms with Crippen molar-refractivity contribution in [2.24, 2.45) is 5.73 Å². The number of anilines is 1. The molecule has 1 amide bonds. The summed E-state index contributed by atoms with van der Waals surface area (Å²) in [6.45, 7) is 1.32. The second-order valence-electron chi connectivity index (χ2n) is 5.34. The van der Waals surface area contributed by atoms with E-state index < -0.39 is 6.04 Å². The summed E-state index contributed by atoms with van der Waals surface area (Å²) in [6, 6.07) is 19.4. The first-order valence-corrected chi connectivity index (χ1v) is 7.50. The Morgan fingerprint density at radius 2 is 1.58 bits per heavy atom. The maximum atomic E-state index is 12.0. The largest absolute Gasteiger partial charge is 0.373 e. The van der Waals surface area contributed by atoms with Gasteiger partial charge in [0.15, 0.2) is 0 Å². The molecule has 1 atom stereocenters. The molecule has 2 aromatic rings. The maximum absolute atomic E-state index is 12.0. The highest BCUT2D eigenvalue weighted by Gasteiger charge is 2.13. The first-order valence-electron chi connectivity index (χ1n) is 7.50. The van der Waals surface area contributed by atoms with E-state index in [1.165, 1.54) is 0 Å². The van der Waals surface area contributed by atoms with Crippen LogP contribution in [0.2, 0.25) is 0 Å². The van der Waals surface area contributed by atoms with Crippen molar-refractivity contribution in [1.29, 1.82) is 0 Å². The van der Waals surface area contributed by atoms with Crippen LogP contribution < -0.4 is 16.0 Å². The minimum absolute atomic E-state index is 0. The number of nitrogens with zero attached hydrogens (tertiary/aromatic N) is 1. The Kier molecular flexibility index (Phi) is 10.9. The van der Waals surface area contributed by atoms with Gasteiger partial charge in [0, 0.05) is 25.8 Å². The Balaban J connectivity index is 0.00000264. The number of hydrogen-bond acceptors (Lipinski definition) is 3. The summed E-state index contributed by atoms with van der Waals surface area (Å²) >= 11 is 0. The molecule has 0 fully saturated rings. The van der Waals surface area contributed by atoms with Crippen molar-refractivity contribution in [3.63, 3.8) is 0 Å². The molecule has 0 aliphatic heterocycles. The zero-order valence-corrected chi connectivity index (χ0v) is 15.4. The quantitative estimate of drug-likeness (QED) is 0.788. The Morgan fingerprint density at radius 1 is 1.04 bits per heavy atom. The van der Waals surface area contributed by atoms with E-state index in [2.05, 4.69) is 10.2 Å². The SMILES string of the molecule is CN(CCNC(=O)[C@@H](N)Cc1ccccc1)c1ccccc1.Cl.Cl. The summed E-state index contributed by atoms with van der Waals surface area (Å²) in [5, 5.41) is 2.90. The zero-order valence-electron chi connectivity index (χ0n) is 13.7. The second-order valence-corrected chi connectivity index (χ2v) is 5.34. The molecule has 0 spiro atoms. The van der Waals surface area contributed by atoms with Crippen LogP contribution in [0.15, 0.2) is 60.7 Å². The van der Waals surface area contributed by atoms with Crippen LogP contribution in [0, 0.1) is 0 Å². The van der Waals surface area contributed by atoms with Crippen LogP contribution in [-0.2, 0) is 11.2 Å². The molecule has 0 radical (unpaired) electrons. The number of rotatable bonds is 7. The fourth-order valence-electron chi connectivity index (χ4n) is 2.25. The van der Waals surface area contributed by atoms with Gasteiger partial charge in [0.25, 0.3) is 0 Å². The lowest BCUT2D eigenvalue weighted by atomic mass is 10.1. The Bertz CT molecular complexity index is 581. The van der Waals surface area contributed by atoms with E-state index in [-0.39, 0.29) is 30.7 Å². The number of carbonyl (C=O) groups excluding carboxylic acids is 1. The van der Waals surface area contributed by atoms with Crippen molar-refractivity contribution in [1.82, 2.24) is 5.32 Å². The summed E-state index contributed by atoms with van der Waals surface area (Å²) < 4.78 is 0. The number of halogens is 2. The number of amides is 1. The zero-order chi connectivity index (χ0) is 15.8. The molecule has 0 unspecified atom stereocenters. The van der Waals surface area contributed by atoms with E-state index in [0.717, 1.165) is 17.8 Å². The number of benzene rings is 2. The third-order valence-corrected chi connectivity index (χ3v) is 3.58. The lowest BCUT2D eigenvalue weighted by molar-refractivity contribution is -0.122. The standard InChI is InChI=1S/C18H23N3O.2ClH/c1-21(16-10-6-3-7-11-16)13-12-20-18(22)17(19)14-15-8-4-2-5-9-15;;/h2-11,17H,12-14,19H2,1H3,(H,20,22);2*1H/t17-;;/m0../s1. The molecule has 0 saturated carbocycles. The monoisotopic (exact) mass is 369 g/mol. The first-order chi connectivity index (χ1) is 10.7. The molecule has 4 nitrogen and oxygen atoms in total. The summed E-state index contributed by atoms with van der Waals surface area (Å²) in [6.07, 6.45) is 0.557. The normalized spacial score (nSPS) is 10.8. The van der Waals surface area contributed by atoms with E-state index in [4.69, 9.17) is 5.73 Å². The van der Waals surface area contributed by atoms with Crippen LogP contribution in [0.5, 0.6) is 0 Å². The minimum Gasteiger partial charge on any atom is -0.373 e. The third-order valence-electron chi connectivity index (χ3n) is 3.58. The molecule has 24 heavy (non-hydrogen) atoms. The van der Waals surface area contributed by atoms with Gasteiger partial charge >= 0.3 is 0 Å². The molecule has 0 aliphatic rings. The molecule has 132 valence electrons. The average Bonchev–Trinajstić information content (AvgIpc) is 2.56. The molecule has 2 rings (SSSR count). The van der Waals surface area contributed by atoms with Gasteiger partial charge in [0.05, 0.1) is 6.04 Å². The van der Waals surface area contributed by atoms with Crippen molar-refractivity contribution < 1.29 is 4.79 Å². The van der Waals surface area contributed by atoms with Gasteiger partial charge in [-0.15, -0.1) is 24.8 Å². The second kappa shape index (κ2) is 11.7. The lowest BCUT2D eigenvalue weighted by Crippen LogP contribution is -2.44. The first kappa shape index (κ1) is 22.2. The number of para-hydroxylation sites is 1. The fraction of sp³-hybridized carbons (Fsp3) is 0.278. The van der Waals surface area contributed by atoms with Gasteiger partial charge in [-0.05, 0) is 24.1 Å². The molecule has 0 heterocycles. The number of likely N-dealkylation sites (N-methyl/N-ethyl adjacent to an activating group) is 1. The molecular weight excluding hydrogens is 345 g/mol. The van der Waals surface area contributed by atoms with Gasteiger partial charge in [-0.3, -0.25) is 4.79 Å². The molecule has 0 aliphatic carbocycles. The van der Waals surface area contributed by atoms with E-state index in [1.807, 2.05) is 67.7 Å². The van der Waals surface area contributed by atoms with E-state index >= 15 is 0 Å². The van der Waals surface area contributed by atoms with Crippen LogP contribution in [0.25, 0.3) is 0 Å². The van der Waals surface area contributed by atoms with Gasteiger partial charge in [0.1, 0.15) is 0 Å². The van der Waals surface area contributed by atoms with Crippen molar-refractivity contribution in [3.8, 4) is 0 Å². The topological polar surface area (TPSA) is 58.4 Å². The highest BCUT2D eigenvalue weighted by Crippen LogP contribution is 2.09. The fourth-order valence-corrected chi connectivity index (χ4v) is 2.25. The van der Waals surface area contributed by atoms with E-state index in [1.54, 1.807) is 0 Å². The van der Waals surface area contributed by atoms with Gasteiger partial charge in [0.2, 0.25) is 5.91 Å². The average molecular weight is 370 g/mol. The number of carbonyl (C=O) groups is 1. The summed E-state index contributed by atoms with van der Waals surface area (Å²) in [5.41, 5.74) is 8.16. The Labute approximate surface area is 156 Å². The maximum Gasteiger partial charge on any atom is 0.237 e. The third kappa shape index (κ3) is 7.21. The van der Waals surface area contributed by atoms with Gasteiger partial charge in [-0.25, -0.2) is 0 Å². The van der Waals surface area contributed by atoms with Crippen LogP contribution in [0.1, 0.15) is 5.56 Å². The van der Waals surface area contributed by atoms with Crippen molar-refractivity contribution in [2.45, 2.75) is 12.5 Å². The highest BCUT2D eigenvalue weighted by atomic mass is 35.5. The van der Waals surface area contributed by atoms with Crippen molar-refractivity contribution in [3.05, 3.63) is 66.2 Å². The van der Waals surface area contributed by atoms with Gasteiger partial charge in [-0.1, -0.05) is 48.5 Å². The highest BCUT2D eigenvalue weighted by molar-refractivity contribution is 5.85. The molecule has 0 aromatic heterocycles. The predicted octanol–water partition coefficient (Wildman–Crippen LogP) is 2.65. The summed E-state index contributed by atoms with van der Waals surface area (Å²) in [5.74, 6) is -0.106. The lowest BCUT2D eigenvalue weighted by Gasteiger charge is -2.20. The van der Waals surface area contributed by atoms with Crippen molar-refractivity contribution in [2.75, 3.05) is 25.0 Å². The van der Waals surface area contributed by atoms with E-state index in [9.17, 15) is 4.79 Å². The molecule has 3 N–H and O–H groups in total. The molecular formula is C18H25Cl2N3O. The molecule has 0 saturated heterocycles. The summed E-state index contributed by atoms with van der Waals surface area (Å²) in [4.78, 5) is 14.1. The minimum atomic E-state index is -0.510. The van der Waals surface area contributed by atoms with Crippen LogP contribution in [0.4, 0.5) is 5.69 Å². The number of hydrogen-bond donors (Lipinski definition) is 2. The van der Waals surface area contributed by atoms with E-state index in [0.29, 0.717) is 13.0 Å². The number of nitrogens with two attached hydrogens (primary N) is 1. The molecule has 6 heteroatoms. The Morgan fingerprint density at radius 3 is 2.17 bits per heavy atom. The van der Waals surface area contributed by atoms with Gasteiger partial charge in [-0.2, -0.15) is 0 Å². The smallest absolute Gasteiger partial charge is 0.237 e. The predicted molar refractivity (Wildman–Crippen MR) is 105 cm³/mol. The van der Waals surface area contributed by atoms with Crippen LogP contribution >= 0.6 is 24.8 Å². The Hall–Kier alpha value is -1.75. The van der Waals surface area contributed by atoms with Crippen LogP contribution in [-0.4, -0.2) is 32.1 Å². The molecule has 2 aromatic carbocycles.